The number of nitrogens with zero attached hydrogens (tertiary/aromatic N) is 6. The van der Waals surface area contributed by atoms with Crippen molar-refractivity contribution in [1.82, 2.24) is 30.4 Å². The molecule has 18 heavy (non-hydrogen) atoms. The van der Waals surface area contributed by atoms with Gasteiger partial charge >= 0.3 is 5.97 Å². The maximum absolute atomic E-state index is 11.1. The van der Waals surface area contributed by atoms with Gasteiger partial charge in [-0.05, 0) is 30.3 Å². The van der Waals surface area contributed by atoms with Crippen LogP contribution in [-0.2, 0) is 11.3 Å². The van der Waals surface area contributed by atoms with Gasteiger partial charge in [0.15, 0.2) is 5.82 Å². The van der Waals surface area contributed by atoms with Crippen LogP contribution in [0.5, 0.6) is 0 Å². The molecule has 8 nitrogen and oxygen atoms in total. The highest BCUT2D eigenvalue weighted by molar-refractivity contribution is 5.73. The zero-order valence-electron chi connectivity index (χ0n) is 9.98. The summed E-state index contributed by atoms with van der Waals surface area (Å²) in [6.07, 6.45) is 3.05. The number of carbonyl (C=O) groups is 1. The molecule has 0 spiro atoms. The minimum atomic E-state index is -0.954. The van der Waals surface area contributed by atoms with E-state index >= 15 is 0 Å². The zero-order valence-corrected chi connectivity index (χ0v) is 9.98. The monoisotopic (exact) mass is 248 g/mol. The molecule has 8 heteroatoms. The van der Waals surface area contributed by atoms with E-state index in [1.165, 1.54) is 17.1 Å². The summed E-state index contributed by atoms with van der Waals surface area (Å²) in [5.74, 6) is -0.434. The van der Waals surface area contributed by atoms with Crippen LogP contribution in [0, 0.1) is 5.41 Å². The molecule has 0 saturated carbocycles. The van der Waals surface area contributed by atoms with Gasteiger partial charge in [-0.3, -0.25) is 4.79 Å². The lowest BCUT2D eigenvalue weighted by molar-refractivity contribution is -0.147. The van der Waals surface area contributed by atoms with E-state index in [9.17, 15) is 4.79 Å². The number of carboxylic acids is 1. The summed E-state index contributed by atoms with van der Waals surface area (Å²) in [4.78, 5) is 11.1. The topological polar surface area (TPSA) is 107 Å². The number of rotatable bonds is 4. The summed E-state index contributed by atoms with van der Waals surface area (Å²) in [5, 5.41) is 27.7. The molecule has 0 aliphatic carbocycles. The van der Waals surface area contributed by atoms with E-state index in [0.717, 1.165) is 0 Å². The molecule has 0 saturated heterocycles. The zero-order chi connectivity index (χ0) is 13.2. The Morgan fingerprint density at radius 1 is 1.44 bits per heavy atom. The molecule has 0 unspecified atom stereocenters. The Balaban J connectivity index is 2.32. The first-order chi connectivity index (χ1) is 8.50. The molecule has 0 aliphatic rings. The van der Waals surface area contributed by atoms with Gasteiger partial charge in [-0.15, -0.1) is 5.10 Å². The minimum Gasteiger partial charge on any atom is -0.481 e. The van der Waals surface area contributed by atoms with E-state index in [4.69, 9.17) is 5.11 Å². The van der Waals surface area contributed by atoms with Gasteiger partial charge in [0, 0.05) is 5.56 Å². The van der Waals surface area contributed by atoms with Crippen molar-refractivity contribution in [1.29, 1.82) is 0 Å². The second-order valence-electron chi connectivity index (χ2n) is 4.48. The second kappa shape index (κ2) is 4.47. The van der Waals surface area contributed by atoms with E-state index < -0.39 is 11.4 Å². The highest BCUT2D eigenvalue weighted by Gasteiger charge is 2.29. The van der Waals surface area contributed by atoms with Gasteiger partial charge in [0.25, 0.3) is 0 Å². The van der Waals surface area contributed by atoms with Crippen LogP contribution in [-0.4, -0.2) is 41.5 Å². The van der Waals surface area contributed by atoms with Crippen LogP contribution < -0.4 is 0 Å². The van der Waals surface area contributed by atoms with Crippen LogP contribution in [0.25, 0.3) is 11.4 Å². The van der Waals surface area contributed by atoms with Crippen LogP contribution in [0.15, 0.2) is 18.5 Å². The lowest BCUT2D eigenvalue weighted by Crippen LogP contribution is -2.30. The molecule has 0 atom stereocenters. The van der Waals surface area contributed by atoms with Gasteiger partial charge in [0.1, 0.15) is 0 Å². The molecule has 0 amide bonds. The van der Waals surface area contributed by atoms with Gasteiger partial charge in [-0.1, -0.05) is 0 Å². The number of tetrazole rings is 1. The maximum atomic E-state index is 11.1. The number of aromatic nitrogens is 6. The molecule has 0 aliphatic heterocycles. The average Bonchev–Trinajstić information content (AvgIpc) is 2.77. The molecule has 94 valence electrons. The van der Waals surface area contributed by atoms with E-state index in [2.05, 4.69) is 25.7 Å². The van der Waals surface area contributed by atoms with Crippen molar-refractivity contribution in [2.45, 2.75) is 20.4 Å². The molecule has 0 bridgehead atoms. The third-order valence-electron chi connectivity index (χ3n) is 2.50. The fraction of sp³-hybridized carbons (Fsp3) is 0.400. The summed E-state index contributed by atoms with van der Waals surface area (Å²) in [6.45, 7) is 3.41. The van der Waals surface area contributed by atoms with Gasteiger partial charge < -0.3 is 5.11 Å². The van der Waals surface area contributed by atoms with Crippen LogP contribution in [0.1, 0.15) is 13.8 Å². The van der Waals surface area contributed by atoms with Gasteiger partial charge in [0.05, 0.1) is 24.4 Å². The lowest BCUT2D eigenvalue weighted by atomic mass is 9.94. The van der Waals surface area contributed by atoms with Crippen molar-refractivity contribution in [2.75, 3.05) is 0 Å². The summed E-state index contributed by atoms with van der Waals surface area (Å²) >= 11 is 0. The summed E-state index contributed by atoms with van der Waals surface area (Å²) in [6, 6.07) is 1.71. The fourth-order valence-corrected chi connectivity index (χ4v) is 1.38. The molecular weight excluding hydrogens is 236 g/mol. The van der Waals surface area contributed by atoms with E-state index in [1.807, 2.05) is 0 Å². The van der Waals surface area contributed by atoms with Crippen molar-refractivity contribution in [3.63, 3.8) is 0 Å². The van der Waals surface area contributed by atoms with Crippen LogP contribution in [0.2, 0.25) is 0 Å². The highest BCUT2D eigenvalue weighted by atomic mass is 16.4. The van der Waals surface area contributed by atoms with Crippen LogP contribution in [0.4, 0.5) is 0 Å². The highest BCUT2D eigenvalue weighted by Crippen LogP contribution is 2.21. The first-order valence-corrected chi connectivity index (χ1v) is 5.27. The second-order valence-corrected chi connectivity index (χ2v) is 4.48. The van der Waals surface area contributed by atoms with E-state index in [-0.39, 0.29) is 6.54 Å². The number of aliphatic carboxylic acids is 1. The third-order valence-corrected chi connectivity index (χ3v) is 2.50. The van der Waals surface area contributed by atoms with Gasteiger partial charge in [0.2, 0.25) is 0 Å². The van der Waals surface area contributed by atoms with Crippen molar-refractivity contribution in [2.24, 2.45) is 5.41 Å². The Hall–Kier alpha value is -2.38. The SMILES string of the molecule is CC(C)(Cn1nnnc1-c1ccnnc1)C(=O)O. The Kier molecular flexibility index (Phi) is 3.00. The smallest absolute Gasteiger partial charge is 0.310 e. The quantitative estimate of drug-likeness (QED) is 0.825. The van der Waals surface area contributed by atoms with Crippen molar-refractivity contribution < 1.29 is 9.90 Å². The summed E-state index contributed by atoms with van der Waals surface area (Å²) in [7, 11) is 0. The molecule has 0 fully saturated rings. The number of carboxylic acid groups (broad SMARTS) is 1. The third kappa shape index (κ3) is 2.31. The van der Waals surface area contributed by atoms with Crippen molar-refractivity contribution in [3.05, 3.63) is 18.5 Å². The van der Waals surface area contributed by atoms with Crippen LogP contribution >= 0.6 is 0 Å². The van der Waals surface area contributed by atoms with E-state index in [1.54, 1.807) is 19.9 Å². The molecule has 1 N–H and O–H groups in total. The Morgan fingerprint density at radius 2 is 2.22 bits per heavy atom. The molecule has 0 radical (unpaired) electrons. The number of hydrogen-bond donors (Lipinski definition) is 1. The Bertz CT molecular complexity index is 551. The molecular formula is C10H12N6O2. The molecule has 2 heterocycles. The Labute approximate surface area is 103 Å². The summed E-state index contributed by atoms with van der Waals surface area (Å²) < 4.78 is 1.45. The van der Waals surface area contributed by atoms with E-state index in [0.29, 0.717) is 11.4 Å². The van der Waals surface area contributed by atoms with Crippen molar-refractivity contribution >= 4 is 5.97 Å². The van der Waals surface area contributed by atoms with Crippen molar-refractivity contribution in [3.8, 4) is 11.4 Å². The predicted molar refractivity (Wildman–Crippen MR) is 60.3 cm³/mol. The minimum absolute atomic E-state index is 0.174. The molecule has 2 rings (SSSR count). The fourth-order valence-electron chi connectivity index (χ4n) is 1.38. The molecule has 0 aromatic carbocycles. The largest absolute Gasteiger partial charge is 0.481 e. The Morgan fingerprint density at radius 3 is 2.83 bits per heavy atom. The first-order valence-electron chi connectivity index (χ1n) is 5.27. The lowest BCUT2D eigenvalue weighted by Gasteiger charge is -2.18. The van der Waals surface area contributed by atoms with Crippen LogP contribution in [0.3, 0.4) is 0 Å². The maximum Gasteiger partial charge on any atom is 0.310 e. The number of hydrogen-bond acceptors (Lipinski definition) is 6. The summed E-state index contributed by atoms with van der Waals surface area (Å²) in [5.41, 5.74) is -0.263. The normalized spacial score (nSPS) is 11.4. The standard InChI is InChI=1S/C10H12N6O2/c1-10(2,9(17)18)6-16-8(13-14-15-16)7-3-4-11-12-5-7/h3-5H,6H2,1-2H3,(H,17,18). The van der Waals surface area contributed by atoms with Gasteiger partial charge in [-0.25, -0.2) is 4.68 Å². The van der Waals surface area contributed by atoms with Gasteiger partial charge in [-0.2, -0.15) is 10.2 Å². The molecule has 2 aromatic rings. The molecule has 2 aromatic heterocycles. The average molecular weight is 248 g/mol. The predicted octanol–water partition coefficient (Wildman–Crippen LogP) is 0.241. The first kappa shape index (κ1) is 12.1.